The van der Waals surface area contributed by atoms with Gasteiger partial charge in [0.15, 0.2) is 0 Å². The second-order valence-electron chi connectivity index (χ2n) is 15.6. The van der Waals surface area contributed by atoms with Crippen LogP contribution in [0.1, 0.15) is 103 Å². The Morgan fingerprint density at radius 1 is 0.745 bits per heavy atom. The van der Waals surface area contributed by atoms with E-state index >= 15 is 0 Å². The Morgan fingerprint density at radius 2 is 1.37 bits per heavy atom. The van der Waals surface area contributed by atoms with E-state index in [9.17, 15) is 0 Å². The fourth-order valence-electron chi connectivity index (χ4n) is 10.1. The van der Waals surface area contributed by atoms with Crippen LogP contribution in [0, 0.1) is 32.6 Å². The van der Waals surface area contributed by atoms with Crippen LogP contribution in [0.2, 0.25) is 0 Å². The van der Waals surface area contributed by atoms with Crippen molar-refractivity contribution in [1.29, 1.82) is 0 Å². The summed E-state index contributed by atoms with van der Waals surface area (Å²) in [4.78, 5) is 0. The van der Waals surface area contributed by atoms with Crippen LogP contribution < -0.4 is 24.8 Å². The summed E-state index contributed by atoms with van der Waals surface area (Å²) in [6, 6.07) is 34.3. The zero-order valence-electron chi connectivity index (χ0n) is 31.4. The van der Waals surface area contributed by atoms with Gasteiger partial charge in [0.05, 0.1) is 0 Å². The largest absolute Gasteiger partial charge is 1.00 e. The Bertz CT molecular complexity index is 2230. The monoisotopic (exact) mass is 786 g/mol. The number of fused-ring (bicyclic) bond motifs is 8. The van der Waals surface area contributed by atoms with E-state index in [-0.39, 0.29) is 27.9 Å². The van der Waals surface area contributed by atoms with Gasteiger partial charge in [-0.2, -0.15) is 0 Å². The van der Waals surface area contributed by atoms with Crippen molar-refractivity contribution in [2.75, 3.05) is 0 Å². The van der Waals surface area contributed by atoms with E-state index in [0.29, 0.717) is 23.7 Å². The van der Waals surface area contributed by atoms with Crippen molar-refractivity contribution in [3.63, 3.8) is 0 Å². The van der Waals surface area contributed by atoms with Crippen molar-refractivity contribution in [2.24, 2.45) is 11.8 Å². The maximum Gasteiger partial charge on any atom is -1.00 e. The molecule has 260 valence electrons. The van der Waals surface area contributed by atoms with Gasteiger partial charge in [-0.3, -0.25) is 0 Å². The van der Waals surface area contributed by atoms with Crippen LogP contribution >= 0.6 is 0 Å². The number of aryl methyl sites for hydroxylation is 1. The fraction of sp³-hybridized carbons (Fsp3) is 0.312. The molecule has 5 aromatic carbocycles. The normalized spacial score (nSPS) is 23.1. The zero-order chi connectivity index (χ0) is 34.2. The van der Waals surface area contributed by atoms with E-state index in [0.717, 1.165) is 12.8 Å². The molecule has 8 rings (SSSR count). The van der Waals surface area contributed by atoms with Gasteiger partial charge in [0.25, 0.3) is 0 Å². The molecule has 0 fully saturated rings. The van der Waals surface area contributed by atoms with Crippen LogP contribution in [0.3, 0.4) is 0 Å². The molecule has 3 aliphatic carbocycles. The first kappa shape index (κ1) is 37.9. The Labute approximate surface area is 326 Å². The summed E-state index contributed by atoms with van der Waals surface area (Å²) >= 11 is -2.62. The van der Waals surface area contributed by atoms with Gasteiger partial charge in [-0.1, -0.05) is 0 Å². The molecule has 3 heteroatoms. The van der Waals surface area contributed by atoms with Gasteiger partial charge in [-0.05, 0) is 0 Å². The Kier molecular flexibility index (Phi) is 10.8. The van der Waals surface area contributed by atoms with Gasteiger partial charge in [-0.15, -0.1) is 0 Å². The molecule has 0 nitrogen and oxygen atoms in total. The number of allylic oxidation sites excluding steroid dienone is 4. The van der Waals surface area contributed by atoms with Crippen LogP contribution in [0.4, 0.5) is 0 Å². The average Bonchev–Trinajstić information content (AvgIpc) is 3.72. The van der Waals surface area contributed by atoms with Crippen molar-refractivity contribution in [3.05, 3.63) is 156 Å². The standard InChI is InChI=1S/C29H33.C11H9.C8H8.2ClH.Zr/c1-14-13-24-25(18(5)15(14)2)21(8)28-27-20(7)17(4)16(3)19(6)26(27)22-11-9-10-12-23(22)29(24)28;1-2-6-10(7-3-1)11-8-4-5-9-11;1-2-8-6-4-3-5-7-8;;;/h9-13,16-17,19,21H,1-8H3;1-3,6-9H,4H2;1,3-7H,2H2;2*1H;/q;;;;;+2/p-2. The number of rotatable bonds is 5. The zero-order valence-corrected chi connectivity index (χ0v) is 35.3. The SMILES string of the molecule is Cc1cc2c(c(C)c1C)C(C)c1c3c(c4ccccc4c1-2)C(C)C(C)C(C)[C]3(C)[Zr+2](=[CH]Cc1ccccc1)[C]1=CC(c2ccccc2)=CC1.[Cl-].[Cl-]. The molecule has 0 bridgehead atoms. The number of halogens is 2. The summed E-state index contributed by atoms with van der Waals surface area (Å²) in [5.74, 6) is 2.05. The second-order valence-corrected chi connectivity index (χ2v) is 22.8. The van der Waals surface area contributed by atoms with Crippen LogP contribution in [-0.2, 0) is 30.8 Å². The summed E-state index contributed by atoms with van der Waals surface area (Å²) in [5.41, 5.74) is 18.2. The van der Waals surface area contributed by atoms with Crippen LogP contribution in [0.25, 0.3) is 27.5 Å². The number of benzene rings is 5. The van der Waals surface area contributed by atoms with Gasteiger partial charge in [0, 0.05) is 0 Å². The molecule has 0 saturated carbocycles. The Morgan fingerprint density at radius 3 is 2.06 bits per heavy atom. The fourth-order valence-corrected chi connectivity index (χ4v) is 19.3. The van der Waals surface area contributed by atoms with E-state index in [2.05, 4.69) is 162 Å². The maximum atomic E-state index is 2.90. The summed E-state index contributed by atoms with van der Waals surface area (Å²) in [5, 5.41) is 2.96. The first-order valence-corrected chi connectivity index (χ1v) is 22.4. The molecular formula is C48H50Cl2Zr. The summed E-state index contributed by atoms with van der Waals surface area (Å²) in [7, 11) is 0. The molecular weight excluding hydrogens is 739 g/mol. The van der Waals surface area contributed by atoms with Gasteiger partial charge < -0.3 is 24.8 Å². The third kappa shape index (κ3) is 5.86. The van der Waals surface area contributed by atoms with E-state index in [1.54, 1.807) is 25.5 Å². The molecule has 5 aromatic rings. The van der Waals surface area contributed by atoms with Gasteiger partial charge in [0.1, 0.15) is 0 Å². The minimum absolute atomic E-state index is 0. The molecule has 0 radical (unpaired) electrons. The van der Waals surface area contributed by atoms with Crippen molar-refractivity contribution < 1.29 is 46.1 Å². The number of hydrogen-bond donors (Lipinski definition) is 0. The third-order valence-corrected chi connectivity index (χ3v) is 21.9. The summed E-state index contributed by atoms with van der Waals surface area (Å²) < 4.78 is 4.77. The van der Waals surface area contributed by atoms with Crippen LogP contribution in [-0.4, -0.2) is 3.71 Å². The molecule has 51 heavy (non-hydrogen) atoms. The topological polar surface area (TPSA) is 0 Å². The Hall–Kier alpha value is -2.83. The van der Waals surface area contributed by atoms with E-state index < -0.39 is 21.3 Å². The summed E-state index contributed by atoms with van der Waals surface area (Å²) in [6.45, 7) is 20.1. The molecule has 0 spiro atoms. The molecule has 5 unspecified atom stereocenters. The molecule has 0 aromatic heterocycles. The van der Waals surface area contributed by atoms with Crippen molar-refractivity contribution in [2.45, 2.75) is 83.2 Å². The molecule has 5 atom stereocenters. The van der Waals surface area contributed by atoms with Gasteiger partial charge in [-0.25, -0.2) is 0 Å². The average molecular weight is 789 g/mol. The first-order valence-electron chi connectivity index (χ1n) is 18.5. The third-order valence-electron chi connectivity index (χ3n) is 13.4. The molecule has 0 saturated heterocycles. The van der Waals surface area contributed by atoms with Gasteiger partial charge in [0.2, 0.25) is 0 Å². The van der Waals surface area contributed by atoms with Crippen molar-refractivity contribution in [3.8, 4) is 11.1 Å². The predicted octanol–water partition coefficient (Wildman–Crippen LogP) is 6.54. The Balaban J connectivity index is 0.00000224. The quantitative estimate of drug-likeness (QED) is 0.190. The van der Waals surface area contributed by atoms with E-state index in [4.69, 9.17) is 0 Å². The van der Waals surface area contributed by atoms with Crippen molar-refractivity contribution >= 4 is 20.1 Å². The van der Waals surface area contributed by atoms with E-state index in [1.807, 2.05) is 0 Å². The first-order chi connectivity index (χ1) is 23.6. The maximum absolute atomic E-state index is 2.90. The van der Waals surface area contributed by atoms with Gasteiger partial charge >= 0.3 is 304 Å². The minimum atomic E-state index is -2.62. The van der Waals surface area contributed by atoms with Crippen LogP contribution in [0.5, 0.6) is 0 Å². The van der Waals surface area contributed by atoms with Crippen molar-refractivity contribution in [1.82, 2.24) is 0 Å². The van der Waals surface area contributed by atoms with Crippen LogP contribution in [0.15, 0.2) is 106 Å². The molecule has 3 aliphatic rings. The predicted molar refractivity (Wildman–Crippen MR) is 209 cm³/mol. The molecule has 0 amide bonds. The molecule has 0 N–H and O–H groups in total. The summed E-state index contributed by atoms with van der Waals surface area (Å²) in [6.07, 6.45) is 7.32. The minimum Gasteiger partial charge on any atom is -1.00 e. The van der Waals surface area contributed by atoms with E-state index in [1.165, 1.54) is 55.3 Å². The molecule has 0 aliphatic heterocycles. The number of hydrogen-bond acceptors (Lipinski definition) is 0. The molecule has 0 heterocycles. The smallest absolute Gasteiger partial charge is 1.00 e. The second kappa shape index (κ2) is 14.5.